The first-order valence-electron chi connectivity index (χ1n) is 7.59. The summed E-state index contributed by atoms with van der Waals surface area (Å²) in [5, 5.41) is 30.1. The van der Waals surface area contributed by atoms with Gasteiger partial charge in [0.1, 0.15) is 0 Å². The molecule has 1 aromatic heterocycles. The van der Waals surface area contributed by atoms with Crippen molar-refractivity contribution in [1.82, 2.24) is 4.57 Å². The highest BCUT2D eigenvalue weighted by Gasteiger charge is 2.16. The van der Waals surface area contributed by atoms with E-state index in [2.05, 4.69) is 10.6 Å². The SMILES string of the molecule is N#Cc1ccc(-n2c3ccccc3c3ccc(B(O)O)cc32)cc1. The summed E-state index contributed by atoms with van der Waals surface area (Å²) in [7, 11) is -1.51. The number of hydrogen-bond acceptors (Lipinski definition) is 3. The van der Waals surface area contributed by atoms with Crippen molar-refractivity contribution in [3.05, 3.63) is 72.3 Å². The topological polar surface area (TPSA) is 69.2 Å². The van der Waals surface area contributed by atoms with Crippen LogP contribution in [0.3, 0.4) is 0 Å². The minimum atomic E-state index is -1.51. The molecule has 4 aromatic rings. The molecule has 114 valence electrons. The average molecular weight is 312 g/mol. The molecule has 24 heavy (non-hydrogen) atoms. The van der Waals surface area contributed by atoms with Crippen molar-refractivity contribution in [3.8, 4) is 11.8 Å². The van der Waals surface area contributed by atoms with E-state index >= 15 is 0 Å². The van der Waals surface area contributed by atoms with E-state index in [-0.39, 0.29) is 0 Å². The second kappa shape index (κ2) is 5.53. The van der Waals surface area contributed by atoms with Gasteiger partial charge in [-0.25, -0.2) is 0 Å². The van der Waals surface area contributed by atoms with Crippen molar-refractivity contribution in [2.24, 2.45) is 0 Å². The lowest BCUT2D eigenvalue weighted by molar-refractivity contribution is 0.426. The highest BCUT2D eigenvalue weighted by Crippen LogP contribution is 2.31. The standard InChI is InChI=1S/C19H13BN2O2/c21-12-13-5-8-15(9-6-13)22-18-4-2-1-3-16(18)17-10-7-14(20(23)24)11-19(17)22/h1-11,23-24H. The van der Waals surface area contributed by atoms with Crippen molar-refractivity contribution in [2.45, 2.75) is 0 Å². The first-order valence-corrected chi connectivity index (χ1v) is 7.59. The third-order valence-corrected chi connectivity index (χ3v) is 4.25. The molecule has 0 fully saturated rings. The Morgan fingerprint density at radius 2 is 1.54 bits per heavy atom. The van der Waals surface area contributed by atoms with Crippen LogP contribution in [0.1, 0.15) is 5.56 Å². The van der Waals surface area contributed by atoms with E-state index < -0.39 is 7.12 Å². The molecule has 2 N–H and O–H groups in total. The molecule has 0 aliphatic rings. The van der Waals surface area contributed by atoms with Gasteiger partial charge in [-0.05, 0) is 41.9 Å². The fourth-order valence-corrected chi connectivity index (χ4v) is 3.11. The highest BCUT2D eigenvalue weighted by atomic mass is 16.4. The van der Waals surface area contributed by atoms with Gasteiger partial charge in [-0.2, -0.15) is 5.26 Å². The third kappa shape index (κ3) is 2.17. The van der Waals surface area contributed by atoms with Gasteiger partial charge in [-0.1, -0.05) is 30.3 Å². The van der Waals surface area contributed by atoms with Gasteiger partial charge in [0.2, 0.25) is 0 Å². The van der Waals surface area contributed by atoms with Crippen molar-refractivity contribution >= 4 is 34.4 Å². The van der Waals surface area contributed by atoms with E-state index in [0.29, 0.717) is 11.0 Å². The lowest BCUT2D eigenvalue weighted by Gasteiger charge is -2.08. The number of nitrogens with zero attached hydrogens (tertiary/aromatic N) is 2. The fourth-order valence-electron chi connectivity index (χ4n) is 3.11. The quantitative estimate of drug-likeness (QED) is 0.558. The van der Waals surface area contributed by atoms with E-state index in [1.54, 1.807) is 24.3 Å². The minimum absolute atomic E-state index is 0.445. The van der Waals surface area contributed by atoms with E-state index in [4.69, 9.17) is 5.26 Å². The maximum absolute atomic E-state index is 9.50. The van der Waals surface area contributed by atoms with Crippen LogP contribution in [0.2, 0.25) is 0 Å². The monoisotopic (exact) mass is 312 g/mol. The molecule has 5 heteroatoms. The summed E-state index contributed by atoms with van der Waals surface area (Å²) in [6.45, 7) is 0. The zero-order valence-electron chi connectivity index (χ0n) is 12.7. The number of nitriles is 1. The van der Waals surface area contributed by atoms with Gasteiger partial charge < -0.3 is 14.6 Å². The van der Waals surface area contributed by atoms with Crippen LogP contribution < -0.4 is 5.46 Å². The van der Waals surface area contributed by atoms with Crippen molar-refractivity contribution < 1.29 is 10.0 Å². The number of aromatic nitrogens is 1. The Morgan fingerprint density at radius 3 is 2.25 bits per heavy atom. The number of rotatable bonds is 2. The van der Waals surface area contributed by atoms with Crippen LogP contribution in [0.15, 0.2) is 66.7 Å². The predicted octanol–water partition coefficient (Wildman–Crippen LogP) is 2.34. The first kappa shape index (κ1) is 14.5. The molecule has 4 nitrogen and oxygen atoms in total. The zero-order chi connectivity index (χ0) is 16.7. The summed E-state index contributed by atoms with van der Waals surface area (Å²) in [5.74, 6) is 0. The predicted molar refractivity (Wildman–Crippen MR) is 95.3 cm³/mol. The summed E-state index contributed by atoms with van der Waals surface area (Å²) >= 11 is 0. The molecule has 0 amide bonds. The van der Waals surface area contributed by atoms with Gasteiger partial charge in [0.05, 0.1) is 22.7 Å². The number of benzene rings is 3. The molecule has 1 heterocycles. The molecule has 0 aliphatic heterocycles. The Balaban J connectivity index is 2.09. The third-order valence-electron chi connectivity index (χ3n) is 4.25. The Morgan fingerprint density at radius 1 is 0.833 bits per heavy atom. The molecule has 0 spiro atoms. The van der Waals surface area contributed by atoms with E-state index in [9.17, 15) is 10.0 Å². The van der Waals surface area contributed by atoms with Crippen LogP contribution in [0.5, 0.6) is 0 Å². The summed E-state index contributed by atoms with van der Waals surface area (Å²) in [4.78, 5) is 0. The van der Waals surface area contributed by atoms with Gasteiger partial charge in [0.15, 0.2) is 0 Å². The smallest absolute Gasteiger partial charge is 0.423 e. The van der Waals surface area contributed by atoms with Crippen LogP contribution in [-0.4, -0.2) is 21.7 Å². The molecule has 0 unspecified atom stereocenters. The van der Waals surface area contributed by atoms with Crippen molar-refractivity contribution in [1.29, 1.82) is 5.26 Å². The summed E-state index contributed by atoms with van der Waals surface area (Å²) in [5.41, 5.74) is 3.89. The van der Waals surface area contributed by atoms with Crippen molar-refractivity contribution in [2.75, 3.05) is 0 Å². The second-order valence-electron chi connectivity index (χ2n) is 5.66. The number of para-hydroxylation sites is 1. The second-order valence-corrected chi connectivity index (χ2v) is 5.66. The van der Waals surface area contributed by atoms with Gasteiger partial charge in [-0.3, -0.25) is 0 Å². The molecular formula is C19H13BN2O2. The Bertz CT molecular complexity index is 1090. The molecule has 3 aromatic carbocycles. The van der Waals surface area contributed by atoms with Crippen LogP contribution in [0.25, 0.3) is 27.5 Å². The van der Waals surface area contributed by atoms with Crippen LogP contribution in [0.4, 0.5) is 0 Å². The molecule has 0 radical (unpaired) electrons. The molecule has 0 bridgehead atoms. The molecular weight excluding hydrogens is 299 g/mol. The first-order chi connectivity index (χ1) is 11.7. The minimum Gasteiger partial charge on any atom is -0.423 e. The van der Waals surface area contributed by atoms with Gasteiger partial charge in [0.25, 0.3) is 0 Å². The van der Waals surface area contributed by atoms with E-state index in [1.807, 2.05) is 42.5 Å². The molecule has 0 saturated carbocycles. The van der Waals surface area contributed by atoms with Gasteiger partial charge in [0, 0.05) is 16.5 Å². The summed E-state index contributed by atoms with van der Waals surface area (Å²) in [6, 6.07) is 22.9. The fraction of sp³-hybridized carbons (Fsp3) is 0. The van der Waals surface area contributed by atoms with E-state index in [0.717, 1.165) is 27.5 Å². The average Bonchev–Trinajstić information content (AvgIpc) is 2.95. The lowest BCUT2D eigenvalue weighted by Crippen LogP contribution is -2.29. The zero-order valence-corrected chi connectivity index (χ0v) is 12.7. The molecule has 0 saturated heterocycles. The van der Waals surface area contributed by atoms with Gasteiger partial charge in [-0.15, -0.1) is 0 Å². The lowest BCUT2D eigenvalue weighted by atomic mass is 9.80. The summed E-state index contributed by atoms with van der Waals surface area (Å²) in [6.07, 6.45) is 0. The van der Waals surface area contributed by atoms with Crippen LogP contribution in [-0.2, 0) is 0 Å². The Hall–Kier alpha value is -3.07. The molecule has 4 rings (SSSR count). The maximum atomic E-state index is 9.50. The Labute approximate surface area is 139 Å². The maximum Gasteiger partial charge on any atom is 0.488 e. The number of fused-ring (bicyclic) bond motifs is 3. The molecule has 0 atom stereocenters. The number of hydrogen-bond donors (Lipinski definition) is 2. The van der Waals surface area contributed by atoms with Crippen LogP contribution in [0, 0.1) is 11.3 Å². The Kier molecular flexibility index (Phi) is 3.35. The molecule has 0 aliphatic carbocycles. The van der Waals surface area contributed by atoms with Crippen molar-refractivity contribution in [3.63, 3.8) is 0 Å². The van der Waals surface area contributed by atoms with E-state index in [1.165, 1.54) is 0 Å². The summed E-state index contributed by atoms with van der Waals surface area (Å²) < 4.78 is 2.07. The highest BCUT2D eigenvalue weighted by molar-refractivity contribution is 6.59. The van der Waals surface area contributed by atoms with Crippen LogP contribution >= 0.6 is 0 Å². The largest absolute Gasteiger partial charge is 0.488 e. The normalized spacial score (nSPS) is 10.9. The van der Waals surface area contributed by atoms with Gasteiger partial charge >= 0.3 is 7.12 Å².